The highest BCUT2D eigenvalue weighted by Gasteiger charge is 2.29. The van der Waals surface area contributed by atoms with Gasteiger partial charge in [-0.2, -0.15) is 5.21 Å². The van der Waals surface area contributed by atoms with E-state index in [2.05, 4.69) is 70.8 Å². The average Bonchev–Trinajstić information content (AvgIpc) is 2.83. The number of anilines is 1. The van der Waals surface area contributed by atoms with Gasteiger partial charge < -0.3 is 15.5 Å². The Morgan fingerprint density at radius 1 is 1.37 bits per heavy atom. The molecule has 35 heavy (non-hydrogen) atoms. The van der Waals surface area contributed by atoms with Crippen LogP contribution in [0, 0.1) is 5.92 Å². The third-order valence-electron chi connectivity index (χ3n) is 6.30. The molecule has 2 aliphatic heterocycles. The van der Waals surface area contributed by atoms with Crippen LogP contribution in [-0.2, 0) is 4.79 Å². The van der Waals surface area contributed by atoms with E-state index in [9.17, 15) is 10.0 Å². The number of quaternary nitrogens is 1. The molecule has 3 N–H and O–H groups in total. The van der Waals surface area contributed by atoms with Crippen molar-refractivity contribution < 1.29 is 10.0 Å². The summed E-state index contributed by atoms with van der Waals surface area (Å²) >= 11 is 4.27. The molecule has 9 nitrogen and oxygen atoms in total. The number of piperazine rings is 1. The van der Waals surface area contributed by atoms with Crippen LogP contribution in [0.3, 0.4) is 0 Å². The molecular weight excluding hydrogens is 462 g/mol. The number of carbonyl (C=O) groups is 1. The summed E-state index contributed by atoms with van der Waals surface area (Å²) in [7, 11) is 3.42. The lowest BCUT2D eigenvalue weighted by molar-refractivity contribution is -0.118. The van der Waals surface area contributed by atoms with E-state index < -0.39 is 4.16 Å². The molecule has 3 rings (SSSR count). The summed E-state index contributed by atoms with van der Waals surface area (Å²) in [4.78, 5) is 21.7. The summed E-state index contributed by atoms with van der Waals surface area (Å²) in [5.74, 6) is 1.31. The van der Waals surface area contributed by atoms with Crippen LogP contribution in [0.2, 0.25) is 0 Å². The highest BCUT2D eigenvalue weighted by molar-refractivity contribution is 7.79. The third-order valence-corrected chi connectivity index (χ3v) is 6.89. The Morgan fingerprint density at radius 3 is 2.74 bits per heavy atom. The zero-order chi connectivity index (χ0) is 25.6. The van der Waals surface area contributed by atoms with Crippen molar-refractivity contribution in [1.82, 2.24) is 24.3 Å². The summed E-state index contributed by atoms with van der Waals surface area (Å²) in [5.41, 5.74) is 3.00. The minimum Gasteiger partial charge on any atom is -0.353 e. The van der Waals surface area contributed by atoms with Gasteiger partial charge in [-0.1, -0.05) is 45.1 Å². The molecule has 1 fully saturated rings. The maximum atomic E-state index is 12.7. The Morgan fingerprint density at radius 2 is 2.09 bits per heavy atom. The van der Waals surface area contributed by atoms with E-state index in [1.807, 2.05) is 0 Å². The van der Waals surface area contributed by atoms with Crippen molar-refractivity contribution >= 4 is 36.4 Å². The second-order valence-electron chi connectivity index (χ2n) is 9.14. The quantitative estimate of drug-likeness (QED) is 0.237. The Kier molecular flexibility index (Phi) is 9.15. The molecule has 2 unspecified atom stereocenters. The van der Waals surface area contributed by atoms with E-state index in [0.29, 0.717) is 23.8 Å². The van der Waals surface area contributed by atoms with E-state index in [1.165, 1.54) is 5.01 Å². The molecule has 190 valence electrons. The number of carbonyl (C=O) groups excluding carboxylic acids is 1. The van der Waals surface area contributed by atoms with Crippen molar-refractivity contribution in [1.29, 1.82) is 0 Å². The van der Waals surface area contributed by atoms with Gasteiger partial charge in [0.2, 0.25) is 5.91 Å². The highest BCUT2D eigenvalue weighted by Crippen LogP contribution is 2.27. The fourth-order valence-electron chi connectivity index (χ4n) is 3.80. The van der Waals surface area contributed by atoms with Crippen molar-refractivity contribution in [2.75, 3.05) is 52.1 Å². The van der Waals surface area contributed by atoms with Gasteiger partial charge in [0, 0.05) is 69.4 Å². The van der Waals surface area contributed by atoms with Gasteiger partial charge in [-0.05, 0) is 16.1 Å². The van der Waals surface area contributed by atoms with Gasteiger partial charge in [0.05, 0.1) is 12.9 Å². The number of benzene rings is 1. The number of nitrogens with one attached hydrogen (secondary N) is 2. The number of rotatable bonds is 9. The second-order valence-corrected chi connectivity index (χ2v) is 9.70. The van der Waals surface area contributed by atoms with Crippen molar-refractivity contribution in [3.05, 3.63) is 60.1 Å². The average molecular weight is 501 g/mol. The normalized spacial score (nSPS) is 19.7. The lowest BCUT2D eigenvalue weighted by Gasteiger charge is -2.37. The van der Waals surface area contributed by atoms with Crippen molar-refractivity contribution in [2.45, 2.75) is 20.3 Å². The first-order valence-electron chi connectivity index (χ1n) is 11.9. The fraction of sp³-hybridized carbons (Fsp3) is 0.440. The van der Waals surface area contributed by atoms with Crippen LogP contribution in [0.5, 0.6) is 0 Å². The number of hydrogen-bond donors (Lipinski definition) is 4. The van der Waals surface area contributed by atoms with E-state index >= 15 is 0 Å². The summed E-state index contributed by atoms with van der Waals surface area (Å²) < 4.78 is -0.708. The summed E-state index contributed by atoms with van der Waals surface area (Å²) in [6.45, 7) is 11.9. The summed E-state index contributed by atoms with van der Waals surface area (Å²) in [5, 5.41) is 18.1. The highest BCUT2D eigenvalue weighted by atomic mass is 32.1. The van der Waals surface area contributed by atoms with Crippen molar-refractivity contribution in [2.24, 2.45) is 10.9 Å². The minimum absolute atomic E-state index is 0.0969. The molecule has 1 aromatic carbocycles. The smallest absolute Gasteiger partial charge is 0.238 e. The number of nitrogens with zero attached hydrogens (tertiary/aromatic N) is 5. The van der Waals surface area contributed by atoms with Crippen molar-refractivity contribution in [3.63, 3.8) is 0 Å². The zero-order valence-corrected chi connectivity index (χ0v) is 22.0. The van der Waals surface area contributed by atoms with Gasteiger partial charge in [0.15, 0.2) is 5.69 Å². The van der Waals surface area contributed by atoms with Crippen LogP contribution in [0.4, 0.5) is 11.4 Å². The van der Waals surface area contributed by atoms with Gasteiger partial charge in [0.25, 0.3) is 0 Å². The standard InChI is InChI=1S/C25H37N7O2S/c1-6-19(2)10-11-23-20(3)26-18-27-25(23)31-14-12-30(13-15-31)17-24(33)28-21-8-7-9-22(16-21)32(34,35)29(4)5/h7-11,16,18-19,34-35H,3,6,12-15,17H2,1-2,4-5H3,(H-,26,27,28,33)/p+1/b11-10-. The van der Waals surface area contributed by atoms with Crippen LogP contribution >= 0.6 is 12.8 Å². The monoisotopic (exact) mass is 500 g/mol. The van der Waals surface area contributed by atoms with Crippen LogP contribution < -0.4 is 14.8 Å². The van der Waals surface area contributed by atoms with Gasteiger partial charge in [-0.3, -0.25) is 9.69 Å². The largest absolute Gasteiger partial charge is 0.353 e. The third kappa shape index (κ3) is 6.96. The zero-order valence-electron chi connectivity index (χ0n) is 21.1. The van der Waals surface area contributed by atoms with Gasteiger partial charge in [0.1, 0.15) is 18.6 Å². The number of aliphatic imine (C=N–C) groups is 1. The van der Waals surface area contributed by atoms with Gasteiger partial charge in [-0.25, -0.2) is 4.99 Å². The van der Waals surface area contributed by atoms with Gasteiger partial charge >= 0.3 is 0 Å². The first-order chi connectivity index (χ1) is 16.6. The molecule has 0 spiro atoms. The maximum Gasteiger partial charge on any atom is 0.238 e. The molecule has 2 atom stereocenters. The predicted molar refractivity (Wildman–Crippen MR) is 146 cm³/mol. The van der Waals surface area contributed by atoms with Gasteiger partial charge in [-0.15, -0.1) is 5.01 Å². The predicted octanol–water partition coefficient (Wildman–Crippen LogP) is 3.22. The Labute approximate surface area is 214 Å². The molecule has 0 aromatic heterocycles. The lowest BCUT2D eigenvalue weighted by Crippen LogP contribution is -2.48. The molecule has 10 heteroatoms. The molecular formula is C25H38N7O2S+. The SMILES string of the molecule is C=C1NC=NC(N2CCN(CC(=O)Nc3cccc([N+](O)(S)N(C)C)c3)CC2)=C1/C=C\C(C)CC. The van der Waals surface area contributed by atoms with E-state index in [1.54, 1.807) is 44.7 Å². The molecule has 0 aliphatic carbocycles. The van der Waals surface area contributed by atoms with Crippen molar-refractivity contribution in [3.8, 4) is 0 Å². The first-order valence-corrected chi connectivity index (χ1v) is 12.3. The Bertz CT molecular complexity index is 1010. The fourth-order valence-corrected chi connectivity index (χ4v) is 3.92. The number of allylic oxidation sites excluding steroid dienone is 2. The van der Waals surface area contributed by atoms with Crippen LogP contribution in [0.25, 0.3) is 0 Å². The minimum atomic E-state index is -0.708. The number of thiol groups is 1. The summed E-state index contributed by atoms with van der Waals surface area (Å²) in [6, 6.07) is 7.04. The molecule has 1 amide bonds. The molecule has 0 saturated carbocycles. The van der Waals surface area contributed by atoms with E-state index in [4.69, 9.17) is 0 Å². The Balaban J connectivity index is 1.58. The van der Waals surface area contributed by atoms with Crippen LogP contribution in [-0.4, -0.2) is 79.1 Å². The summed E-state index contributed by atoms with van der Waals surface area (Å²) in [6.07, 6.45) is 7.08. The maximum absolute atomic E-state index is 12.7. The lowest BCUT2D eigenvalue weighted by atomic mass is 10.0. The van der Waals surface area contributed by atoms with E-state index in [-0.39, 0.29) is 5.91 Å². The second kappa shape index (κ2) is 11.9. The molecule has 1 saturated heterocycles. The molecule has 1 aromatic rings. The molecule has 0 bridgehead atoms. The molecule has 2 aliphatic rings. The molecule has 0 radical (unpaired) electrons. The topological polar surface area (TPSA) is 83.4 Å². The van der Waals surface area contributed by atoms with Crippen LogP contribution in [0.1, 0.15) is 20.3 Å². The number of amides is 1. The molecule has 2 heterocycles. The number of hydrogen-bond acceptors (Lipinski definition) is 8. The van der Waals surface area contributed by atoms with E-state index in [0.717, 1.165) is 49.7 Å². The first kappa shape index (κ1) is 27.0. The Hall–Kier alpha value is -2.63. The van der Waals surface area contributed by atoms with Crippen LogP contribution in [0.15, 0.2) is 65.1 Å².